The molecule has 12 nitrogen and oxygen atoms in total. The number of fused-ring (bicyclic) bond motifs is 6. The first-order valence-electron chi connectivity index (χ1n) is 23.8. The molecule has 6 aromatic carbocycles. The Labute approximate surface area is 435 Å². The van der Waals surface area contributed by atoms with Gasteiger partial charge in [-0.25, -0.2) is 38.6 Å². The Morgan fingerprint density at radius 3 is 1.56 bits per heavy atom. The number of benzene rings is 6. The predicted molar refractivity (Wildman–Crippen MR) is 279 cm³/mol. The molecule has 4 heterocycles. The fraction of sp³-hybridized carbons (Fsp3) is 0.296. The Morgan fingerprint density at radius 2 is 1.07 bits per heavy atom. The number of guanidine groups is 2. The minimum absolute atomic E-state index is 0.0800. The van der Waals surface area contributed by atoms with Crippen molar-refractivity contribution < 1.29 is 38.0 Å². The average Bonchev–Trinajstić information content (AvgIpc) is 3.61. The number of hydroxylamine groups is 4. The molecule has 2 aliphatic carbocycles. The normalized spacial score (nSPS) is 24.5. The van der Waals surface area contributed by atoms with Gasteiger partial charge < -0.3 is 31.0 Å². The lowest BCUT2D eigenvalue weighted by Gasteiger charge is -2.45. The van der Waals surface area contributed by atoms with E-state index in [9.17, 15) is 8.78 Å². The third-order valence-electron chi connectivity index (χ3n) is 14.3. The summed E-state index contributed by atoms with van der Waals surface area (Å²) in [6.07, 6.45) is 8.86. The topological polar surface area (TPSA) is 161 Å². The van der Waals surface area contributed by atoms with Crippen LogP contribution in [0.25, 0.3) is 11.1 Å². The largest absolute Gasteiger partial charge is 0.488 e. The molecular formula is C54H52BBrCl2F2N6O6. The molecule has 4 atom stereocenters. The van der Waals surface area contributed by atoms with Crippen LogP contribution in [0.4, 0.5) is 8.78 Å². The second kappa shape index (κ2) is 19.6. The van der Waals surface area contributed by atoms with Gasteiger partial charge in [0.1, 0.15) is 34.3 Å². The van der Waals surface area contributed by atoms with E-state index in [1.165, 1.54) is 45.5 Å². The van der Waals surface area contributed by atoms with E-state index in [-0.39, 0.29) is 21.1 Å². The van der Waals surface area contributed by atoms with Crippen LogP contribution in [-0.4, -0.2) is 64.5 Å². The molecule has 372 valence electrons. The Kier molecular flexibility index (Phi) is 13.6. The second-order valence-electron chi connectivity index (χ2n) is 19.2. The number of ether oxygens (including phenoxy) is 2. The van der Waals surface area contributed by atoms with E-state index in [0.29, 0.717) is 24.8 Å². The van der Waals surface area contributed by atoms with Crippen molar-refractivity contribution in [3.63, 3.8) is 0 Å². The van der Waals surface area contributed by atoms with Crippen molar-refractivity contribution in [1.82, 2.24) is 10.1 Å². The van der Waals surface area contributed by atoms with Crippen LogP contribution in [-0.2, 0) is 46.8 Å². The number of halogens is 5. The van der Waals surface area contributed by atoms with Crippen LogP contribution in [0, 0.1) is 11.6 Å². The van der Waals surface area contributed by atoms with Gasteiger partial charge in [0.15, 0.2) is 0 Å². The number of hydrogen-bond donors (Lipinski definition) is 4. The highest BCUT2D eigenvalue weighted by Crippen LogP contribution is 2.54. The van der Waals surface area contributed by atoms with Crippen molar-refractivity contribution in [2.45, 2.75) is 86.9 Å². The van der Waals surface area contributed by atoms with Crippen LogP contribution in [0.1, 0.15) is 71.9 Å². The average molecular weight is 1080 g/mol. The summed E-state index contributed by atoms with van der Waals surface area (Å²) >= 11 is 15.0. The first kappa shape index (κ1) is 49.8. The van der Waals surface area contributed by atoms with Crippen molar-refractivity contribution in [2.24, 2.45) is 21.5 Å². The highest BCUT2D eigenvalue weighted by molar-refractivity contribution is 9.10. The van der Waals surface area contributed by atoms with Gasteiger partial charge in [-0.3, -0.25) is 0 Å². The Bertz CT molecular complexity index is 3140. The van der Waals surface area contributed by atoms with E-state index in [2.05, 4.69) is 64.5 Å². The van der Waals surface area contributed by atoms with Gasteiger partial charge >= 0.3 is 7.12 Å². The quantitative estimate of drug-likeness (QED) is 0.123. The van der Waals surface area contributed by atoms with E-state index in [1.807, 2.05) is 36.4 Å². The third kappa shape index (κ3) is 9.78. The molecule has 0 bridgehead atoms. The van der Waals surface area contributed by atoms with Crippen LogP contribution in [0.5, 0.6) is 11.5 Å². The van der Waals surface area contributed by atoms with E-state index in [1.54, 1.807) is 31.3 Å². The van der Waals surface area contributed by atoms with Gasteiger partial charge in [-0.1, -0.05) is 106 Å². The Balaban J connectivity index is 0.000000140. The summed E-state index contributed by atoms with van der Waals surface area (Å²) in [6, 6.07) is 37.4. The molecule has 6 aromatic rings. The number of rotatable bonds is 2. The summed E-state index contributed by atoms with van der Waals surface area (Å²) in [6.45, 7) is 0. The molecule has 12 rings (SSSR count). The third-order valence-corrected chi connectivity index (χ3v) is 15.3. The van der Waals surface area contributed by atoms with Crippen LogP contribution >= 0.6 is 39.1 Å². The maximum absolute atomic E-state index is 13.7. The van der Waals surface area contributed by atoms with Gasteiger partial charge in [0.2, 0.25) is 23.4 Å². The summed E-state index contributed by atoms with van der Waals surface area (Å²) in [5, 5.41) is 20.3. The molecule has 0 amide bonds. The zero-order valence-corrected chi connectivity index (χ0v) is 42.7. The number of nitrogens with zero attached hydrogens (tertiary/aromatic N) is 4. The number of nitrogens with two attached hydrogens (primary N) is 2. The van der Waals surface area contributed by atoms with Crippen molar-refractivity contribution in [3.8, 4) is 22.6 Å². The predicted octanol–water partition coefficient (Wildman–Crippen LogP) is 9.64. The fourth-order valence-corrected chi connectivity index (χ4v) is 11.6. The fourth-order valence-electron chi connectivity index (χ4n) is 10.9. The molecule has 0 radical (unpaired) electrons. The lowest BCUT2D eigenvalue weighted by atomic mass is 9.78. The lowest BCUT2D eigenvalue weighted by molar-refractivity contribution is -0.205. The molecular weight excluding hydrogens is 1030 g/mol. The van der Waals surface area contributed by atoms with Crippen molar-refractivity contribution in [1.29, 1.82) is 0 Å². The summed E-state index contributed by atoms with van der Waals surface area (Å²) in [7, 11) is 1.96. The van der Waals surface area contributed by atoms with Crippen LogP contribution < -0.4 is 26.4 Å². The highest BCUT2D eigenvalue weighted by atomic mass is 79.9. The summed E-state index contributed by atoms with van der Waals surface area (Å²) < 4.78 is 40.7. The SMILES string of the molecule is CN1OC2(CC3(CCCc4ccccc4C3)Oc3ccc(-c4ccc(F)c(Cl)c4)cc32)N=C1N.CN1OC2(CC3(CCCc4ccccc4C3)Oc3ccc(Br)cc32)N=C1N.OB(O)c1ccc(F)c(Cl)c1. The van der Waals surface area contributed by atoms with E-state index >= 15 is 0 Å². The first-order valence-corrected chi connectivity index (χ1v) is 25.3. The molecule has 72 heavy (non-hydrogen) atoms. The maximum Gasteiger partial charge on any atom is 0.488 e. The first-order chi connectivity index (χ1) is 34.5. The summed E-state index contributed by atoms with van der Waals surface area (Å²) in [4.78, 5) is 22.2. The molecule has 4 unspecified atom stereocenters. The smallest absolute Gasteiger partial charge is 0.486 e. The molecule has 0 aromatic heterocycles. The van der Waals surface area contributed by atoms with Gasteiger partial charge in [0.25, 0.3) is 0 Å². The molecule has 0 saturated carbocycles. The molecule has 0 saturated heterocycles. The molecule has 6 aliphatic rings. The standard InChI is InChI=1S/C27H25ClFN3O2.C21H22BrN3O2.C6H5BClFO2/c1-32-25(30)31-27(34-32)16-26(12-4-7-17-5-2-3-6-20(17)15-26)33-24-11-9-18(13-21(24)27)19-8-10-23(29)22(28)14-19;1-25-19(23)24-21(27-25)13-20(26-18-9-8-16(22)11-17(18)21)10-4-7-14-5-2-3-6-15(14)12-20;8-5-3-4(7(10)11)1-2-6(5)9/h2-3,5-6,8-11,13-14H,4,7,12,15-16H2,1H3,(H2,30,31);2-3,5-6,8-9,11H,4,7,10,12-13H2,1H3,(H2,23,24);1-3,10-11H. The second-order valence-corrected chi connectivity index (χ2v) is 21.0. The van der Waals surface area contributed by atoms with Gasteiger partial charge in [0, 0.05) is 44.3 Å². The van der Waals surface area contributed by atoms with Crippen LogP contribution in [0.3, 0.4) is 0 Å². The van der Waals surface area contributed by atoms with E-state index in [0.717, 1.165) is 95.7 Å². The lowest BCUT2D eigenvalue weighted by Crippen LogP contribution is -2.49. The zero-order valence-electron chi connectivity index (χ0n) is 39.6. The van der Waals surface area contributed by atoms with E-state index in [4.69, 9.17) is 73.9 Å². The monoisotopic (exact) mass is 1080 g/mol. The summed E-state index contributed by atoms with van der Waals surface area (Å²) in [5.74, 6) is 1.26. The van der Waals surface area contributed by atoms with Gasteiger partial charge in [-0.15, -0.1) is 0 Å². The molecule has 0 fully saturated rings. The van der Waals surface area contributed by atoms with Crippen LogP contribution in [0.15, 0.2) is 136 Å². The van der Waals surface area contributed by atoms with Crippen molar-refractivity contribution >= 4 is 63.6 Å². The van der Waals surface area contributed by atoms with E-state index < -0.39 is 35.8 Å². The molecule has 6 N–H and O–H groups in total. The molecule has 18 heteroatoms. The number of aryl methyl sites for hydroxylation is 2. The number of aliphatic imine (C=N–C) groups is 2. The molecule has 4 aliphatic heterocycles. The van der Waals surface area contributed by atoms with Gasteiger partial charge in [-0.2, -0.15) is 0 Å². The van der Waals surface area contributed by atoms with Gasteiger partial charge in [-0.05, 0) is 132 Å². The maximum atomic E-state index is 13.7. The minimum atomic E-state index is -1.60. The summed E-state index contributed by atoms with van der Waals surface area (Å²) in [5.41, 5.74) is 18.7. The minimum Gasteiger partial charge on any atom is -0.486 e. The van der Waals surface area contributed by atoms with Crippen molar-refractivity contribution in [3.05, 3.63) is 181 Å². The Hall–Kier alpha value is -5.72. The van der Waals surface area contributed by atoms with Crippen LogP contribution in [0.2, 0.25) is 10.0 Å². The van der Waals surface area contributed by atoms with Crippen molar-refractivity contribution in [2.75, 3.05) is 14.1 Å². The Morgan fingerprint density at radius 1 is 0.611 bits per heavy atom. The highest BCUT2D eigenvalue weighted by Gasteiger charge is 2.56. The zero-order chi connectivity index (χ0) is 50.6. The number of hydrogen-bond acceptors (Lipinski definition) is 12. The van der Waals surface area contributed by atoms with Gasteiger partial charge in [0.05, 0.1) is 21.2 Å². The molecule has 4 spiro atoms.